The topological polar surface area (TPSA) is 84.8 Å². The van der Waals surface area contributed by atoms with Crippen LogP contribution < -0.4 is 10.5 Å². The van der Waals surface area contributed by atoms with Gasteiger partial charge in [-0.1, -0.05) is 17.7 Å². The molecule has 0 aliphatic carbocycles. The summed E-state index contributed by atoms with van der Waals surface area (Å²) in [5.41, 5.74) is 8.19. The third kappa shape index (κ3) is 4.90. The summed E-state index contributed by atoms with van der Waals surface area (Å²) in [6, 6.07) is 1.96. The van der Waals surface area contributed by atoms with Crippen molar-refractivity contribution in [2.24, 2.45) is 5.92 Å². The number of nitrogen functional groups attached to an aromatic ring is 1. The molecule has 10 heteroatoms. The molecule has 1 aromatic carbocycles. The molecule has 0 spiro atoms. The number of nitrogens with zero attached hydrogens (tertiary/aromatic N) is 3. The number of hydrogen-bond donors (Lipinski definition) is 1. The van der Waals surface area contributed by atoms with Gasteiger partial charge < -0.3 is 24.7 Å². The fourth-order valence-electron chi connectivity index (χ4n) is 5.12. The van der Waals surface area contributed by atoms with Gasteiger partial charge in [0.05, 0.1) is 16.7 Å². The Balaban J connectivity index is 1.37. The number of halogens is 3. The Bertz CT molecular complexity index is 1370. The zero-order valence-electron chi connectivity index (χ0n) is 20.8. The SMILES string of the molecule is C[C@@H](Oc1c(N)ncc2c(C3=CCN(C(=O)C4CCN(C)CC4)CC3)coc12)c1c(F)ccc(F)c1Cl. The maximum atomic E-state index is 14.4. The standard InChI is InChI=1S/C27H29ClF2N4O3/c1-15(22-20(29)3-4-21(30)23(22)28)37-25-24-18(13-32-26(25)31)19(14-36-24)16-7-11-34(12-8-16)27(35)17-5-9-33(2)10-6-17/h3-4,7,13-15,17H,5-6,8-12H2,1-2H3,(H2,31,32)/t15-/m1/s1. The number of likely N-dealkylation sites (tertiary alicyclic amines) is 1. The molecular weight excluding hydrogens is 502 g/mol. The molecule has 2 N–H and O–H groups in total. The summed E-state index contributed by atoms with van der Waals surface area (Å²) in [6.07, 6.45) is 6.77. The Morgan fingerprint density at radius 3 is 2.68 bits per heavy atom. The maximum Gasteiger partial charge on any atom is 0.226 e. The third-order valence-electron chi connectivity index (χ3n) is 7.32. The number of benzene rings is 1. The molecule has 0 saturated carbocycles. The van der Waals surface area contributed by atoms with Crippen molar-refractivity contribution in [1.29, 1.82) is 0 Å². The quantitative estimate of drug-likeness (QED) is 0.442. The minimum atomic E-state index is -0.959. The number of ether oxygens (including phenoxy) is 1. The highest BCUT2D eigenvalue weighted by Gasteiger charge is 2.29. The van der Waals surface area contributed by atoms with Gasteiger partial charge in [0.15, 0.2) is 11.4 Å². The van der Waals surface area contributed by atoms with Crippen LogP contribution in [0.2, 0.25) is 5.02 Å². The van der Waals surface area contributed by atoms with Gasteiger partial charge in [0.2, 0.25) is 11.7 Å². The van der Waals surface area contributed by atoms with E-state index >= 15 is 0 Å². The van der Waals surface area contributed by atoms with Crippen molar-refractivity contribution in [2.45, 2.75) is 32.3 Å². The van der Waals surface area contributed by atoms with Gasteiger partial charge >= 0.3 is 0 Å². The molecule has 37 heavy (non-hydrogen) atoms. The normalized spacial score (nSPS) is 18.2. The van der Waals surface area contributed by atoms with E-state index in [9.17, 15) is 13.6 Å². The lowest BCUT2D eigenvalue weighted by atomic mass is 9.94. The number of piperidine rings is 1. The number of pyridine rings is 1. The first-order chi connectivity index (χ1) is 17.7. The highest BCUT2D eigenvalue weighted by atomic mass is 35.5. The lowest BCUT2D eigenvalue weighted by Gasteiger charge is -2.33. The smallest absolute Gasteiger partial charge is 0.226 e. The van der Waals surface area contributed by atoms with Crippen molar-refractivity contribution in [3.8, 4) is 5.75 Å². The Morgan fingerprint density at radius 2 is 1.97 bits per heavy atom. The maximum absolute atomic E-state index is 14.4. The summed E-state index contributed by atoms with van der Waals surface area (Å²) in [5, 5.41) is 0.335. The molecule has 5 rings (SSSR count). The van der Waals surface area contributed by atoms with Gasteiger partial charge in [-0.2, -0.15) is 0 Å². The lowest BCUT2D eigenvalue weighted by Crippen LogP contribution is -2.43. The second-order valence-electron chi connectivity index (χ2n) is 9.72. The van der Waals surface area contributed by atoms with Crippen LogP contribution in [0, 0.1) is 17.6 Å². The van der Waals surface area contributed by atoms with Crippen molar-refractivity contribution < 1.29 is 22.7 Å². The number of hydrogen-bond acceptors (Lipinski definition) is 6. The minimum Gasteiger partial charge on any atom is -0.478 e. The van der Waals surface area contributed by atoms with Crippen molar-refractivity contribution in [1.82, 2.24) is 14.8 Å². The number of rotatable bonds is 5. The van der Waals surface area contributed by atoms with E-state index in [0.29, 0.717) is 30.5 Å². The van der Waals surface area contributed by atoms with Crippen LogP contribution in [-0.2, 0) is 4.79 Å². The van der Waals surface area contributed by atoms with E-state index in [2.05, 4.69) is 16.9 Å². The average molecular weight is 531 g/mol. The molecule has 1 saturated heterocycles. The first kappa shape index (κ1) is 25.5. The lowest BCUT2D eigenvalue weighted by molar-refractivity contribution is -0.136. The molecule has 0 unspecified atom stereocenters. The van der Waals surface area contributed by atoms with Crippen molar-refractivity contribution in [2.75, 3.05) is 39.0 Å². The molecular formula is C27H29ClF2N4O3. The number of furan rings is 1. The highest BCUT2D eigenvalue weighted by Crippen LogP contribution is 2.40. The number of anilines is 1. The molecule has 0 bridgehead atoms. The molecule has 1 fully saturated rings. The first-order valence-corrected chi connectivity index (χ1v) is 12.7. The molecule has 2 aromatic heterocycles. The second-order valence-corrected chi connectivity index (χ2v) is 10.1. The van der Waals surface area contributed by atoms with Crippen LogP contribution in [0.4, 0.5) is 14.6 Å². The molecule has 1 atom stereocenters. The van der Waals surface area contributed by atoms with E-state index in [1.165, 1.54) is 0 Å². The summed E-state index contributed by atoms with van der Waals surface area (Å²) in [7, 11) is 2.08. The first-order valence-electron chi connectivity index (χ1n) is 12.4. The molecule has 7 nitrogen and oxygen atoms in total. The van der Waals surface area contributed by atoms with Gasteiger partial charge in [-0.3, -0.25) is 4.79 Å². The van der Waals surface area contributed by atoms with Gasteiger partial charge in [-0.25, -0.2) is 13.8 Å². The predicted molar refractivity (Wildman–Crippen MR) is 138 cm³/mol. The van der Waals surface area contributed by atoms with Gasteiger partial charge in [-0.15, -0.1) is 0 Å². The zero-order chi connectivity index (χ0) is 26.3. The number of aromatic nitrogens is 1. The van der Waals surface area contributed by atoms with E-state index in [0.717, 1.165) is 49.2 Å². The summed E-state index contributed by atoms with van der Waals surface area (Å²) < 4.78 is 40.2. The monoisotopic (exact) mass is 530 g/mol. The van der Waals surface area contributed by atoms with Crippen LogP contribution in [0.15, 0.2) is 35.1 Å². The molecule has 0 radical (unpaired) electrons. The van der Waals surface area contributed by atoms with E-state index < -0.39 is 17.7 Å². The average Bonchev–Trinajstić information content (AvgIpc) is 3.33. The van der Waals surface area contributed by atoms with Crippen molar-refractivity contribution >= 4 is 39.9 Å². The zero-order valence-corrected chi connectivity index (χ0v) is 21.5. The molecule has 2 aliphatic heterocycles. The molecule has 2 aliphatic rings. The van der Waals surface area contributed by atoms with Gasteiger partial charge in [-0.05, 0) is 64.0 Å². The molecule has 4 heterocycles. The van der Waals surface area contributed by atoms with Crippen molar-refractivity contribution in [3.63, 3.8) is 0 Å². The number of amides is 1. The third-order valence-corrected chi connectivity index (χ3v) is 7.70. The van der Waals surface area contributed by atoms with Crippen LogP contribution in [-0.4, -0.2) is 53.9 Å². The minimum absolute atomic E-state index is 0.0562. The largest absolute Gasteiger partial charge is 0.478 e. The Hall–Kier alpha value is -3.17. The number of fused-ring (bicyclic) bond motifs is 1. The predicted octanol–water partition coefficient (Wildman–Crippen LogP) is 5.44. The van der Waals surface area contributed by atoms with Crippen LogP contribution in [0.1, 0.15) is 43.4 Å². The van der Waals surface area contributed by atoms with Gasteiger partial charge in [0, 0.05) is 36.3 Å². The summed E-state index contributed by atoms with van der Waals surface area (Å²) >= 11 is 6.01. The van der Waals surface area contributed by atoms with Gasteiger partial charge in [0.25, 0.3) is 0 Å². The van der Waals surface area contributed by atoms with Crippen molar-refractivity contribution in [3.05, 3.63) is 58.5 Å². The number of carbonyl (C=O) groups excluding carboxylic acids is 1. The van der Waals surface area contributed by atoms with Gasteiger partial charge in [0.1, 0.15) is 17.7 Å². The number of carbonyl (C=O) groups is 1. The molecule has 3 aromatic rings. The van der Waals surface area contributed by atoms with E-state index in [-0.39, 0.29) is 34.0 Å². The second kappa shape index (κ2) is 10.3. The van der Waals surface area contributed by atoms with Crippen LogP contribution in [0.25, 0.3) is 16.5 Å². The van der Waals surface area contributed by atoms with Crippen LogP contribution in [0.5, 0.6) is 5.75 Å². The summed E-state index contributed by atoms with van der Waals surface area (Å²) in [6.45, 7) is 4.61. The Labute approximate surface area is 218 Å². The summed E-state index contributed by atoms with van der Waals surface area (Å²) in [4.78, 5) is 21.4. The van der Waals surface area contributed by atoms with E-state index in [4.69, 9.17) is 26.5 Å². The van der Waals surface area contributed by atoms with Crippen LogP contribution >= 0.6 is 11.6 Å². The van der Waals surface area contributed by atoms with E-state index in [1.54, 1.807) is 19.4 Å². The fourth-order valence-corrected chi connectivity index (χ4v) is 5.43. The Morgan fingerprint density at radius 1 is 1.24 bits per heavy atom. The molecule has 1 amide bonds. The number of nitrogens with two attached hydrogens (primary N) is 1. The van der Waals surface area contributed by atoms with E-state index in [1.807, 2.05) is 11.0 Å². The van der Waals surface area contributed by atoms with Crippen LogP contribution in [0.3, 0.4) is 0 Å². The highest BCUT2D eigenvalue weighted by molar-refractivity contribution is 6.31. The summed E-state index contributed by atoms with van der Waals surface area (Å²) in [5.74, 6) is -0.934. The Kier molecular flexibility index (Phi) is 7.09. The fraction of sp³-hybridized carbons (Fsp3) is 0.407. The molecule has 196 valence electrons.